The van der Waals surface area contributed by atoms with Gasteiger partial charge in [0.2, 0.25) is 0 Å². The van der Waals surface area contributed by atoms with Gasteiger partial charge >= 0.3 is 0 Å². The van der Waals surface area contributed by atoms with E-state index in [1.54, 1.807) is 0 Å². The van der Waals surface area contributed by atoms with Crippen LogP contribution in [0.5, 0.6) is 0 Å². The SMILES string of the molecule is CC(C)(C)C1CC1c1ccncc1. The van der Waals surface area contributed by atoms with Crippen LogP contribution in [0, 0.1) is 11.3 Å². The van der Waals surface area contributed by atoms with Crippen LogP contribution in [0.1, 0.15) is 38.7 Å². The van der Waals surface area contributed by atoms with E-state index in [0.717, 1.165) is 11.8 Å². The summed E-state index contributed by atoms with van der Waals surface area (Å²) in [4.78, 5) is 4.04. The van der Waals surface area contributed by atoms with Crippen molar-refractivity contribution in [1.82, 2.24) is 4.98 Å². The molecule has 1 aromatic heterocycles. The smallest absolute Gasteiger partial charge is 0.0270 e. The molecule has 2 rings (SSSR count). The van der Waals surface area contributed by atoms with Crippen molar-refractivity contribution in [3.63, 3.8) is 0 Å². The first-order valence-electron chi connectivity index (χ1n) is 4.99. The molecule has 1 aromatic rings. The fraction of sp³-hybridized carbons (Fsp3) is 0.583. The molecule has 1 aliphatic carbocycles. The summed E-state index contributed by atoms with van der Waals surface area (Å²) in [5, 5.41) is 0. The van der Waals surface area contributed by atoms with E-state index in [2.05, 4.69) is 37.9 Å². The van der Waals surface area contributed by atoms with Crippen molar-refractivity contribution in [3.8, 4) is 0 Å². The quantitative estimate of drug-likeness (QED) is 0.638. The molecule has 1 nitrogen and oxygen atoms in total. The number of hydrogen-bond acceptors (Lipinski definition) is 1. The highest BCUT2D eigenvalue weighted by molar-refractivity contribution is 5.24. The molecule has 1 saturated carbocycles. The van der Waals surface area contributed by atoms with Crippen molar-refractivity contribution in [2.45, 2.75) is 33.1 Å². The zero-order valence-electron chi connectivity index (χ0n) is 8.62. The fourth-order valence-electron chi connectivity index (χ4n) is 2.13. The Morgan fingerprint density at radius 1 is 1.23 bits per heavy atom. The lowest BCUT2D eigenvalue weighted by atomic mass is 9.88. The third-order valence-corrected chi connectivity index (χ3v) is 3.04. The average Bonchev–Trinajstić information content (AvgIpc) is 2.83. The van der Waals surface area contributed by atoms with Gasteiger partial charge in [0.05, 0.1) is 0 Å². The zero-order valence-corrected chi connectivity index (χ0v) is 8.62. The van der Waals surface area contributed by atoms with Crippen molar-refractivity contribution in [3.05, 3.63) is 30.1 Å². The van der Waals surface area contributed by atoms with Gasteiger partial charge in [0, 0.05) is 12.4 Å². The summed E-state index contributed by atoms with van der Waals surface area (Å²) < 4.78 is 0. The number of aromatic nitrogens is 1. The number of rotatable bonds is 1. The van der Waals surface area contributed by atoms with Crippen LogP contribution in [0.25, 0.3) is 0 Å². The van der Waals surface area contributed by atoms with Gasteiger partial charge in [0.15, 0.2) is 0 Å². The van der Waals surface area contributed by atoms with Crippen LogP contribution in [-0.4, -0.2) is 4.98 Å². The minimum Gasteiger partial charge on any atom is -0.265 e. The standard InChI is InChI=1S/C12H17N/c1-12(2,3)11-8-10(11)9-4-6-13-7-5-9/h4-7,10-11H,8H2,1-3H3. The molecular formula is C12H17N. The molecule has 1 heterocycles. The van der Waals surface area contributed by atoms with Gasteiger partial charge in [0.25, 0.3) is 0 Å². The van der Waals surface area contributed by atoms with Crippen molar-refractivity contribution in [1.29, 1.82) is 0 Å². The lowest BCUT2D eigenvalue weighted by Crippen LogP contribution is -2.08. The van der Waals surface area contributed by atoms with Crippen molar-refractivity contribution >= 4 is 0 Å². The Bertz CT molecular complexity index is 284. The highest BCUT2D eigenvalue weighted by Crippen LogP contribution is 2.56. The molecule has 0 aromatic carbocycles. The van der Waals surface area contributed by atoms with E-state index in [1.807, 2.05) is 12.4 Å². The first kappa shape index (κ1) is 8.74. The van der Waals surface area contributed by atoms with Gasteiger partial charge in [-0.15, -0.1) is 0 Å². The van der Waals surface area contributed by atoms with Crippen molar-refractivity contribution in [2.75, 3.05) is 0 Å². The Hall–Kier alpha value is -0.850. The average molecular weight is 175 g/mol. The number of pyridine rings is 1. The van der Waals surface area contributed by atoms with Crippen LogP contribution in [-0.2, 0) is 0 Å². The van der Waals surface area contributed by atoms with Gasteiger partial charge in [-0.1, -0.05) is 20.8 Å². The van der Waals surface area contributed by atoms with E-state index in [0.29, 0.717) is 5.41 Å². The largest absolute Gasteiger partial charge is 0.265 e. The Kier molecular flexibility index (Phi) is 1.90. The topological polar surface area (TPSA) is 12.9 Å². The molecule has 0 aliphatic heterocycles. The Balaban J connectivity index is 2.09. The second kappa shape index (κ2) is 2.83. The third kappa shape index (κ3) is 1.74. The molecule has 2 atom stereocenters. The molecule has 0 saturated heterocycles. The summed E-state index contributed by atoms with van der Waals surface area (Å²) >= 11 is 0. The molecule has 1 fully saturated rings. The minimum absolute atomic E-state index is 0.466. The third-order valence-electron chi connectivity index (χ3n) is 3.04. The monoisotopic (exact) mass is 175 g/mol. The zero-order chi connectivity index (χ0) is 9.47. The Morgan fingerprint density at radius 3 is 2.31 bits per heavy atom. The van der Waals surface area contributed by atoms with Crippen LogP contribution >= 0.6 is 0 Å². The van der Waals surface area contributed by atoms with E-state index < -0.39 is 0 Å². The molecule has 1 aliphatic rings. The van der Waals surface area contributed by atoms with Gasteiger partial charge in [-0.25, -0.2) is 0 Å². The molecule has 0 radical (unpaired) electrons. The Labute approximate surface area is 80.2 Å². The van der Waals surface area contributed by atoms with E-state index in [1.165, 1.54) is 12.0 Å². The predicted octanol–water partition coefficient (Wildman–Crippen LogP) is 3.23. The summed E-state index contributed by atoms with van der Waals surface area (Å²) in [5.74, 6) is 1.66. The molecule has 0 bridgehead atoms. The van der Waals surface area contributed by atoms with Gasteiger partial charge in [-0.2, -0.15) is 0 Å². The number of hydrogen-bond donors (Lipinski definition) is 0. The lowest BCUT2D eigenvalue weighted by Gasteiger charge is -2.17. The second-order valence-corrected chi connectivity index (χ2v) is 5.10. The molecule has 1 heteroatoms. The lowest BCUT2D eigenvalue weighted by molar-refractivity contribution is 0.343. The fourth-order valence-corrected chi connectivity index (χ4v) is 2.13. The highest BCUT2D eigenvalue weighted by Gasteiger charge is 2.45. The first-order chi connectivity index (χ1) is 6.09. The van der Waals surface area contributed by atoms with Gasteiger partial charge in [0.1, 0.15) is 0 Å². The second-order valence-electron chi connectivity index (χ2n) is 5.10. The van der Waals surface area contributed by atoms with Crippen LogP contribution in [0.4, 0.5) is 0 Å². The van der Waals surface area contributed by atoms with Crippen LogP contribution in [0.3, 0.4) is 0 Å². The molecule has 0 spiro atoms. The molecule has 70 valence electrons. The molecule has 0 N–H and O–H groups in total. The van der Waals surface area contributed by atoms with E-state index in [4.69, 9.17) is 0 Å². The predicted molar refractivity (Wildman–Crippen MR) is 54.5 cm³/mol. The van der Waals surface area contributed by atoms with Crippen LogP contribution in [0.15, 0.2) is 24.5 Å². The maximum atomic E-state index is 4.04. The minimum atomic E-state index is 0.466. The molecular weight excluding hydrogens is 158 g/mol. The molecule has 0 amide bonds. The highest BCUT2D eigenvalue weighted by atomic mass is 14.6. The van der Waals surface area contributed by atoms with Gasteiger partial charge in [-0.3, -0.25) is 4.98 Å². The summed E-state index contributed by atoms with van der Waals surface area (Å²) in [6, 6.07) is 4.30. The summed E-state index contributed by atoms with van der Waals surface area (Å²) in [6.45, 7) is 7.00. The molecule has 2 unspecified atom stereocenters. The number of nitrogens with zero attached hydrogens (tertiary/aromatic N) is 1. The van der Waals surface area contributed by atoms with E-state index in [-0.39, 0.29) is 0 Å². The normalized spacial score (nSPS) is 27.3. The Morgan fingerprint density at radius 2 is 1.85 bits per heavy atom. The summed E-state index contributed by atoms with van der Waals surface area (Å²) in [7, 11) is 0. The van der Waals surface area contributed by atoms with Crippen LogP contribution < -0.4 is 0 Å². The summed E-state index contributed by atoms with van der Waals surface area (Å²) in [6.07, 6.45) is 5.15. The van der Waals surface area contributed by atoms with E-state index >= 15 is 0 Å². The maximum absolute atomic E-state index is 4.04. The van der Waals surface area contributed by atoms with Crippen molar-refractivity contribution < 1.29 is 0 Å². The summed E-state index contributed by atoms with van der Waals surface area (Å²) in [5.41, 5.74) is 1.93. The first-order valence-corrected chi connectivity index (χ1v) is 4.99. The van der Waals surface area contributed by atoms with Gasteiger partial charge in [-0.05, 0) is 41.4 Å². The maximum Gasteiger partial charge on any atom is 0.0270 e. The van der Waals surface area contributed by atoms with E-state index in [9.17, 15) is 0 Å². The van der Waals surface area contributed by atoms with Crippen LogP contribution in [0.2, 0.25) is 0 Å². The molecule has 13 heavy (non-hydrogen) atoms. The van der Waals surface area contributed by atoms with Gasteiger partial charge < -0.3 is 0 Å². The van der Waals surface area contributed by atoms with Crippen molar-refractivity contribution in [2.24, 2.45) is 11.3 Å².